The van der Waals surface area contributed by atoms with Crippen LogP contribution in [0.15, 0.2) is 29.3 Å². The maximum absolute atomic E-state index is 13.2. The van der Waals surface area contributed by atoms with E-state index in [1.165, 1.54) is 23.4 Å². The van der Waals surface area contributed by atoms with E-state index in [2.05, 4.69) is 34.6 Å². The van der Waals surface area contributed by atoms with E-state index in [4.69, 9.17) is 4.74 Å². The van der Waals surface area contributed by atoms with E-state index in [0.717, 1.165) is 18.5 Å². The highest BCUT2D eigenvalue weighted by Gasteiger charge is 2.14. The Labute approximate surface area is 160 Å². The van der Waals surface area contributed by atoms with Crippen LogP contribution in [-0.2, 0) is 26.4 Å². The molecular weight excluding hydrogens is 345 g/mol. The van der Waals surface area contributed by atoms with Gasteiger partial charge in [0.05, 0.1) is 12.2 Å². The zero-order valence-electron chi connectivity index (χ0n) is 16.8. The second kappa shape index (κ2) is 9.94. The van der Waals surface area contributed by atoms with Crippen LogP contribution in [0.25, 0.3) is 0 Å². The van der Waals surface area contributed by atoms with Gasteiger partial charge in [-0.1, -0.05) is 19.9 Å². The monoisotopic (exact) mass is 375 g/mol. The van der Waals surface area contributed by atoms with Gasteiger partial charge in [-0.15, -0.1) is 0 Å². The number of hydrogen-bond acceptors (Lipinski definition) is 3. The van der Waals surface area contributed by atoms with Crippen molar-refractivity contribution in [3.63, 3.8) is 0 Å². The van der Waals surface area contributed by atoms with Crippen molar-refractivity contribution in [3.8, 4) is 5.75 Å². The highest BCUT2D eigenvalue weighted by molar-refractivity contribution is 5.79. The molecule has 2 aromatic rings. The van der Waals surface area contributed by atoms with E-state index in [0.29, 0.717) is 24.8 Å². The van der Waals surface area contributed by atoms with Crippen LogP contribution in [0.2, 0.25) is 0 Å². The Morgan fingerprint density at radius 2 is 2.07 bits per heavy atom. The molecule has 0 aliphatic rings. The molecular formula is C20H30FN5O. The van der Waals surface area contributed by atoms with Crippen molar-refractivity contribution in [2.75, 3.05) is 13.6 Å². The van der Waals surface area contributed by atoms with Crippen LogP contribution in [0.4, 0.5) is 4.39 Å². The number of aromatic nitrogens is 2. The number of halogens is 1. The highest BCUT2D eigenvalue weighted by Crippen LogP contribution is 2.15. The van der Waals surface area contributed by atoms with E-state index < -0.39 is 0 Å². The lowest BCUT2D eigenvalue weighted by Gasteiger charge is -2.18. The number of guanidine groups is 1. The summed E-state index contributed by atoms with van der Waals surface area (Å²) in [6.45, 7) is 7.39. The first kappa shape index (κ1) is 20.7. The number of rotatable bonds is 8. The average Bonchev–Trinajstić information content (AvgIpc) is 2.96. The summed E-state index contributed by atoms with van der Waals surface area (Å²) in [6, 6.07) is 6.16. The molecule has 2 N–H and O–H groups in total. The van der Waals surface area contributed by atoms with Crippen molar-refractivity contribution in [2.45, 2.75) is 46.3 Å². The maximum atomic E-state index is 13.2. The summed E-state index contributed by atoms with van der Waals surface area (Å²) in [4.78, 5) is 4.27. The van der Waals surface area contributed by atoms with Crippen molar-refractivity contribution in [2.24, 2.45) is 12.0 Å². The van der Waals surface area contributed by atoms with Crippen molar-refractivity contribution in [1.82, 2.24) is 20.4 Å². The molecule has 1 aromatic heterocycles. The Bertz CT molecular complexity index is 772. The molecule has 0 amide bonds. The largest absolute Gasteiger partial charge is 0.489 e. The number of ether oxygens (including phenoxy) is 1. The van der Waals surface area contributed by atoms with E-state index in [9.17, 15) is 4.39 Å². The minimum absolute atomic E-state index is 0.138. The normalized spacial score (nSPS) is 12.7. The topological polar surface area (TPSA) is 63.5 Å². The van der Waals surface area contributed by atoms with E-state index in [1.54, 1.807) is 19.2 Å². The Morgan fingerprint density at radius 1 is 1.30 bits per heavy atom. The van der Waals surface area contributed by atoms with Gasteiger partial charge in [-0.05, 0) is 31.9 Å². The maximum Gasteiger partial charge on any atom is 0.191 e. The second-order valence-electron chi connectivity index (χ2n) is 6.40. The van der Waals surface area contributed by atoms with E-state index >= 15 is 0 Å². The number of aliphatic imine (C=N–C) groups is 1. The number of nitrogens with one attached hydrogen (secondary N) is 2. The van der Waals surface area contributed by atoms with Gasteiger partial charge in [0.25, 0.3) is 0 Å². The fourth-order valence-electron chi connectivity index (χ4n) is 3.04. The molecule has 1 unspecified atom stereocenters. The molecule has 0 spiro atoms. The zero-order chi connectivity index (χ0) is 19.8. The molecule has 27 heavy (non-hydrogen) atoms. The van der Waals surface area contributed by atoms with Crippen LogP contribution in [0, 0.1) is 5.82 Å². The van der Waals surface area contributed by atoms with Crippen molar-refractivity contribution < 1.29 is 9.13 Å². The molecule has 1 aromatic carbocycles. The molecule has 6 nitrogen and oxygen atoms in total. The SMILES string of the molecule is CCc1nn(C)c(CC)c1CNC(=NC)NCC(C)Oc1cccc(F)c1. The zero-order valence-corrected chi connectivity index (χ0v) is 16.8. The summed E-state index contributed by atoms with van der Waals surface area (Å²) in [5.41, 5.74) is 3.58. The van der Waals surface area contributed by atoms with Crippen LogP contribution in [0.3, 0.4) is 0 Å². The minimum Gasteiger partial charge on any atom is -0.489 e. The van der Waals surface area contributed by atoms with Gasteiger partial charge < -0.3 is 15.4 Å². The summed E-state index contributed by atoms with van der Waals surface area (Å²) in [7, 11) is 3.72. The van der Waals surface area contributed by atoms with Crippen LogP contribution in [0.1, 0.15) is 37.7 Å². The van der Waals surface area contributed by atoms with Crippen molar-refractivity contribution in [3.05, 3.63) is 47.0 Å². The van der Waals surface area contributed by atoms with Gasteiger partial charge in [-0.2, -0.15) is 5.10 Å². The third kappa shape index (κ3) is 5.70. The molecule has 0 radical (unpaired) electrons. The molecule has 0 bridgehead atoms. The quantitative estimate of drug-likeness (QED) is 0.550. The lowest BCUT2D eigenvalue weighted by atomic mass is 10.1. The molecule has 0 saturated heterocycles. The number of nitrogens with zero attached hydrogens (tertiary/aromatic N) is 3. The van der Waals surface area contributed by atoms with Gasteiger partial charge in [0.15, 0.2) is 5.96 Å². The van der Waals surface area contributed by atoms with Gasteiger partial charge >= 0.3 is 0 Å². The molecule has 0 fully saturated rings. The molecule has 2 rings (SSSR count). The molecule has 1 heterocycles. The Kier molecular flexibility index (Phi) is 7.64. The highest BCUT2D eigenvalue weighted by atomic mass is 19.1. The van der Waals surface area contributed by atoms with Crippen molar-refractivity contribution >= 4 is 5.96 Å². The number of benzene rings is 1. The predicted octanol–water partition coefficient (Wildman–Crippen LogP) is 2.82. The van der Waals surface area contributed by atoms with Gasteiger partial charge in [0, 0.05) is 38.0 Å². The average molecular weight is 375 g/mol. The number of aryl methyl sites for hydroxylation is 2. The molecule has 1 atom stereocenters. The molecule has 0 saturated carbocycles. The van der Waals surface area contributed by atoms with E-state index in [1.807, 2.05) is 18.7 Å². The summed E-state index contributed by atoms with van der Waals surface area (Å²) in [5, 5.41) is 11.2. The minimum atomic E-state index is -0.305. The van der Waals surface area contributed by atoms with Crippen LogP contribution < -0.4 is 15.4 Å². The molecule has 148 valence electrons. The second-order valence-corrected chi connectivity index (χ2v) is 6.40. The predicted molar refractivity (Wildman–Crippen MR) is 107 cm³/mol. The third-order valence-corrected chi connectivity index (χ3v) is 4.37. The smallest absolute Gasteiger partial charge is 0.191 e. The molecule has 0 aliphatic carbocycles. The first-order valence-electron chi connectivity index (χ1n) is 9.38. The fraction of sp³-hybridized carbons (Fsp3) is 0.500. The number of hydrogen-bond donors (Lipinski definition) is 2. The standard InChI is InChI=1S/C20H30FN5O/c1-6-18-17(19(7-2)26(5)25-18)13-24-20(22-4)23-12-14(3)27-16-10-8-9-15(21)11-16/h8-11,14H,6-7,12-13H2,1-5H3,(H2,22,23,24). The summed E-state index contributed by atoms with van der Waals surface area (Å²) >= 11 is 0. The molecule has 7 heteroatoms. The Balaban J connectivity index is 1.89. The first-order chi connectivity index (χ1) is 13.0. The van der Waals surface area contributed by atoms with Gasteiger partial charge in [0.2, 0.25) is 0 Å². The lowest BCUT2D eigenvalue weighted by molar-refractivity contribution is 0.223. The van der Waals surface area contributed by atoms with Crippen LogP contribution >= 0.6 is 0 Å². The molecule has 0 aliphatic heterocycles. The summed E-state index contributed by atoms with van der Waals surface area (Å²) < 4.78 is 20.9. The summed E-state index contributed by atoms with van der Waals surface area (Å²) in [6.07, 6.45) is 1.70. The third-order valence-electron chi connectivity index (χ3n) is 4.37. The lowest BCUT2D eigenvalue weighted by Crippen LogP contribution is -2.41. The Hall–Kier alpha value is -2.57. The fourth-order valence-corrected chi connectivity index (χ4v) is 3.04. The van der Waals surface area contributed by atoms with Crippen LogP contribution in [-0.4, -0.2) is 35.4 Å². The summed E-state index contributed by atoms with van der Waals surface area (Å²) in [5.74, 6) is 0.903. The van der Waals surface area contributed by atoms with Crippen molar-refractivity contribution in [1.29, 1.82) is 0 Å². The first-order valence-corrected chi connectivity index (χ1v) is 9.38. The van der Waals surface area contributed by atoms with Crippen LogP contribution in [0.5, 0.6) is 5.75 Å². The van der Waals surface area contributed by atoms with Gasteiger partial charge in [-0.3, -0.25) is 9.67 Å². The van der Waals surface area contributed by atoms with Gasteiger partial charge in [-0.25, -0.2) is 4.39 Å². The Morgan fingerprint density at radius 3 is 2.70 bits per heavy atom. The van der Waals surface area contributed by atoms with E-state index in [-0.39, 0.29) is 11.9 Å². The van der Waals surface area contributed by atoms with Gasteiger partial charge in [0.1, 0.15) is 17.7 Å².